The number of nitro benzene ring substituents is 2. The fourth-order valence-electron chi connectivity index (χ4n) is 3.06. The lowest BCUT2D eigenvalue weighted by molar-refractivity contribution is -0.385. The number of nitrogens with one attached hydrogen (secondary N) is 2. The number of carbonyl (C=O) groups excluding carboxylic acids is 3. The SMILES string of the molecule is O=C(CCCNC(=O)c1ccc([N+](=O)[O-])cc1)N/N=C\c1ccc(OC(=O)c2cccc([N+](=O)[O-])c2)cc1. The molecule has 13 nitrogen and oxygen atoms in total. The third kappa shape index (κ3) is 8.05. The van der Waals surface area contributed by atoms with E-state index in [0.717, 1.165) is 6.07 Å². The summed E-state index contributed by atoms with van der Waals surface area (Å²) in [6, 6.07) is 16.6. The fourth-order valence-corrected chi connectivity index (χ4v) is 3.06. The maximum Gasteiger partial charge on any atom is 0.343 e. The van der Waals surface area contributed by atoms with Crippen molar-refractivity contribution in [2.45, 2.75) is 12.8 Å². The molecule has 0 radical (unpaired) electrons. The number of ether oxygens (including phenoxy) is 1. The summed E-state index contributed by atoms with van der Waals surface area (Å²) in [6.07, 6.45) is 1.84. The van der Waals surface area contributed by atoms with Gasteiger partial charge in [-0.2, -0.15) is 5.10 Å². The van der Waals surface area contributed by atoms with Crippen LogP contribution in [0.4, 0.5) is 11.4 Å². The second kappa shape index (κ2) is 13.0. The predicted molar refractivity (Wildman–Crippen MR) is 135 cm³/mol. The highest BCUT2D eigenvalue weighted by Crippen LogP contribution is 2.17. The van der Waals surface area contributed by atoms with E-state index in [-0.39, 0.29) is 47.1 Å². The molecule has 3 aromatic carbocycles. The Morgan fingerprint density at radius 2 is 1.55 bits per heavy atom. The van der Waals surface area contributed by atoms with Crippen LogP contribution >= 0.6 is 0 Å². The molecule has 13 heteroatoms. The van der Waals surface area contributed by atoms with Gasteiger partial charge in [-0.3, -0.25) is 29.8 Å². The maximum absolute atomic E-state index is 12.2. The van der Waals surface area contributed by atoms with Gasteiger partial charge < -0.3 is 10.1 Å². The number of benzene rings is 3. The molecule has 0 aliphatic rings. The van der Waals surface area contributed by atoms with Gasteiger partial charge in [0.25, 0.3) is 17.3 Å². The molecule has 0 aliphatic carbocycles. The molecule has 0 bridgehead atoms. The van der Waals surface area contributed by atoms with Crippen molar-refractivity contribution in [3.8, 4) is 5.75 Å². The standard InChI is InChI=1S/C25H21N5O8/c31-23(5-2-14-26-24(32)18-8-10-20(11-9-18)29(34)35)28-27-16-17-6-12-22(13-7-17)38-25(33)19-3-1-4-21(15-19)30(36)37/h1,3-4,6-13,15-16H,2,5,14H2,(H,26,32)(H,28,31)/b27-16-. The van der Waals surface area contributed by atoms with Crippen LogP contribution in [0.25, 0.3) is 0 Å². The Labute approximate surface area is 215 Å². The zero-order chi connectivity index (χ0) is 27.5. The number of amides is 2. The van der Waals surface area contributed by atoms with Crippen LogP contribution in [0.15, 0.2) is 77.9 Å². The quantitative estimate of drug-likeness (QED) is 0.0964. The zero-order valence-electron chi connectivity index (χ0n) is 19.7. The summed E-state index contributed by atoms with van der Waals surface area (Å²) in [5.74, 6) is -1.30. The van der Waals surface area contributed by atoms with Crippen LogP contribution in [0.1, 0.15) is 39.1 Å². The van der Waals surface area contributed by atoms with Gasteiger partial charge in [-0.15, -0.1) is 0 Å². The van der Waals surface area contributed by atoms with E-state index in [1.54, 1.807) is 12.1 Å². The van der Waals surface area contributed by atoms with Gasteiger partial charge in [0, 0.05) is 42.8 Å². The Morgan fingerprint density at radius 1 is 0.868 bits per heavy atom. The van der Waals surface area contributed by atoms with Crippen molar-refractivity contribution in [3.05, 3.63) is 110 Å². The van der Waals surface area contributed by atoms with E-state index in [4.69, 9.17) is 4.74 Å². The first-order valence-corrected chi connectivity index (χ1v) is 11.1. The van der Waals surface area contributed by atoms with Crippen molar-refractivity contribution >= 4 is 35.4 Å². The predicted octanol–water partition coefficient (Wildman–Crippen LogP) is 3.38. The third-order valence-corrected chi connectivity index (χ3v) is 4.99. The highest BCUT2D eigenvalue weighted by atomic mass is 16.6. The molecule has 194 valence electrons. The van der Waals surface area contributed by atoms with Crippen LogP contribution in [0.3, 0.4) is 0 Å². The molecule has 0 heterocycles. The zero-order valence-corrected chi connectivity index (χ0v) is 19.7. The minimum absolute atomic E-state index is 0.0402. The van der Waals surface area contributed by atoms with Crippen molar-refractivity contribution in [2.24, 2.45) is 5.10 Å². The van der Waals surface area contributed by atoms with Crippen molar-refractivity contribution in [3.63, 3.8) is 0 Å². The lowest BCUT2D eigenvalue weighted by Gasteiger charge is -2.05. The summed E-state index contributed by atoms with van der Waals surface area (Å²) < 4.78 is 5.21. The molecule has 0 spiro atoms. The number of hydrazone groups is 1. The lowest BCUT2D eigenvalue weighted by atomic mass is 10.2. The van der Waals surface area contributed by atoms with Crippen LogP contribution in [0.5, 0.6) is 5.75 Å². The van der Waals surface area contributed by atoms with E-state index < -0.39 is 21.7 Å². The molecule has 3 rings (SSSR count). The van der Waals surface area contributed by atoms with Crippen molar-refractivity contribution in [1.29, 1.82) is 0 Å². The Hall–Kier alpha value is -5.46. The van der Waals surface area contributed by atoms with Gasteiger partial charge in [0.05, 0.1) is 21.6 Å². The molecule has 0 unspecified atom stereocenters. The summed E-state index contributed by atoms with van der Waals surface area (Å²) in [5.41, 5.74) is 2.95. The van der Waals surface area contributed by atoms with Crippen molar-refractivity contribution < 1.29 is 29.0 Å². The molecule has 3 aromatic rings. The second-order valence-electron chi connectivity index (χ2n) is 7.72. The minimum Gasteiger partial charge on any atom is -0.423 e. The number of non-ortho nitro benzene ring substituents is 2. The average molecular weight is 519 g/mol. The van der Waals surface area contributed by atoms with Crippen LogP contribution in [0, 0.1) is 20.2 Å². The molecule has 0 fully saturated rings. The van der Waals surface area contributed by atoms with Gasteiger partial charge >= 0.3 is 5.97 Å². The van der Waals surface area contributed by atoms with Crippen molar-refractivity contribution in [1.82, 2.24) is 10.7 Å². The largest absolute Gasteiger partial charge is 0.423 e. The Bertz CT molecular complexity index is 1370. The smallest absolute Gasteiger partial charge is 0.343 e. The number of nitrogens with zero attached hydrogens (tertiary/aromatic N) is 3. The number of rotatable bonds is 11. The fraction of sp³-hybridized carbons (Fsp3) is 0.120. The Kier molecular flexibility index (Phi) is 9.29. The molecule has 0 aliphatic heterocycles. The normalized spacial score (nSPS) is 10.5. The lowest BCUT2D eigenvalue weighted by Crippen LogP contribution is -2.26. The van der Waals surface area contributed by atoms with Crippen LogP contribution < -0.4 is 15.5 Å². The van der Waals surface area contributed by atoms with E-state index in [2.05, 4.69) is 15.8 Å². The minimum atomic E-state index is -0.744. The number of hydrogen-bond acceptors (Lipinski definition) is 9. The Morgan fingerprint density at radius 3 is 2.21 bits per heavy atom. The van der Waals surface area contributed by atoms with Crippen LogP contribution in [-0.4, -0.2) is 40.4 Å². The van der Waals surface area contributed by atoms with E-state index >= 15 is 0 Å². The monoisotopic (exact) mass is 519 g/mol. The molecule has 0 atom stereocenters. The molecular weight excluding hydrogens is 498 g/mol. The Balaban J connectivity index is 1.38. The molecule has 38 heavy (non-hydrogen) atoms. The third-order valence-electron chi connectivity index (χ3n) is 4.99. The molecule has 0 saturated heterocycles. The van der Waals surface area contributed by atoms with Gasteiger partial charge in [-0.1, -0.05) is 6.07 Å². The number of esters is 1. The first-order chi connectivity index (χ1) is 18.2. The van der Waals surface area contributed by atoms with E-state index in [0.29, 0.717) is 12.0 Å². The van der Waals surface area contributed by atoms with Crippen LogP contribution in [0.2, 0.25) is 0 Å². The first-order valence-electron chi connectivity index (χ1n) is 11.1. The molecular formula is C25H21N5O8. The summed E-state index contributed by atoms with van der Waals surface area (Å²) >= 11 is 0. The topological polar surface area (TPSA) is 183 Å². The molecule has 2 N–H and O–H groups in total. The first kappa shape index (κ1) is 27.1. The van der Waals surface area contributed by atoms with E-state index in [1.807, 2.05) is 0 Å². The molecule has 2 amide bonds. The summed E-state index contributed by atoms with van der Waals surface area (Å²) in [4.78, 5) is 56.5. The molecule has 0 saturated carbocycles. The van der Waals surface area contributed by atoms with Crippen LogP contribution in [-0.2, 0) is 4.79 Å². The number of hydrogen-bond donors (Lipinski definition) is 2. The van der Waals surface area contributed by atoms with Gasteiger partial charge in [0.2, 0.25) is 5.91 Å². The van der Waals surface area contributed by atoms with Gasteiger partial charge in [0.15, 0.2) is 0 Å². The number of nitro groups is 2. The van der Waals surface area contributed by atoms with Gasteiger partial charge in [-0.05, 0) is 54.4 Å². The highest BCUT2D eigenvalue weighted by Gasteiger charge is 2.13. The van der Waals surface area contributed by atoms with Gasteiger partial charge in [0.1, 0.15) is 5.75 Å². The average Bonchev–Trinajstić information content (AvgIpc) is 2.92. The maximum atomic E-state index is 12.2. The highest BCUT2D eigenvalue weighted by molar-refractivity contribution is 5.94. The summed E-state index contributed by atoms with van der Waals surface area (Å²) in [6.45, 7) is 0.226. The van der Waals surface area contributed by atoms with E-state index in [1.165, 1.54) is 60.8 Å². The van der Waals surface area contributed by atoms with E-state index in [9.17, 15) is 34.6 Å². The second-order valence-corrected chi connectivity index (χ2v) is 7.72. The summed E-state index contributed by atoms with van der Waals surface area (Å²) in [7, 11) is 0. The van der Waals surface area contributed by atoms with Gasteiger partial charge in [-0.25, -0.2) is 10.2 Å². The molecule has 0 aromatic heterocycles. The van der Waals surface area contributed by atoms with Crippen molar-refractivity contribution in [2.75, 3.05) is 6.54 Å². The number of carbonyl (C=O) groups is 3. The summed E-state index contributed by atoms with van der Waals surface area (Å²) in [5, 5.41) is 28.0.